The topological polar surface area (TPSA) is 55.8 Å². The first kappa shape index (κ1) is 12.5. The molecule has 1 aliphatic heterocycles. The van der Waals surface area contributed by atoms with Gasteiger partial charge in [-0.05, 0) is 12.8 Å². The Balaban J connectivity index is 2.22. The predicted octanol–water partition coefficient (Wildman–Crippen LogP) is 2.76. The van der Waals surface area contributed by atoms with E-state index in [1.54, 1.807) is 0 Å². The standard InChI is InChI=1S/C13H12ClFO4/c14-7-6-8-11(19-5-1-4-18-8)9(10(7)15)13(2-3-13)12(16)17/h6H,1-5H2,(H,16,17). The highest BCUT2D eigenvalue weighted by atomic mass is 35.5. The van der Waals surface area contributed by atoms with Crippen LogP contribution in [-0.2, 0) is 10.2 Å². The van der Waals surface area contributed by atoms with Crippen molar-refractivity contribution in [3.63, 3.8) is 0 Å². The van der Waals surface area contributed by atoms with Crippen molar-refractivity contribution in [3.05, 3.63) is 22.5 Å². The summed E-state index contributed by atoms with van der Waals surface area (Å²) in [4.78, 5) is 11.4. The van der Waals surface area contributed by atoms with Gasteiger partial charge >= 0.3 is 5.97 Å². The fraction of sp³-hybridized carbons (Fsp3) is 0.462. The fourth-order valence-corrected chi connectivity index (χ4v) is 2.57. The largest absolute Gasteiger partial charge is 0.489 e. The Kier molecular flexibility index (Phi) is 2.82. The number of hydrogen-bond acceptors (Lipinski definition) is 3. The summed E-state index contributed by atoms with van der Waals surface area (Å²) in [5.41, 5.74) is -1.18. The maximum absolute atomic E-state index is 14.3. The van der Waals surface area contributed by atoms with E-state index in [9.17, 15) is 14.3 Å². The van der Waals surface area contributed by atoms with Crippen molar-refractivity contribution in [1.82, 2.24) is 0 Å². The van der Waals surface area contributed by atoms with Gasteiger partial charge in [0.25, 0.3) is 0 Å². The molecule has 1 saturated carbocycles. The van der Waals surface area contributed by atoms with Crippen LogP contribution in [0.5, 0.6) is 11.5 Å². The molecule has 2 aliphatic rings. The Morgan fingerprint density at radius 3 is 2.68 bits per heavy atom. The van der Waals surface area contributed by atoms with Crippen LogP contribution in [0.25, 0.3) is 0 Å². The molecule has 1 fully saturated rings. The highest BCUT2D eigenvalue weighted by Gasteiger charge is 2.56. The number of benzene rings is 1. The maximum Gasteiger partial charge on any atom is 0.314 e. The van der Waals surface area contributed by atoms with Crippen LogP contribution in [0.15, 0.2) is 6.07 Å². The molecule has 0 radical (unpaired) electrons. The molecule has 1 N–H and O–H groups in total. The number of carbonyl (C=O) groups is 1. The van der Waals surface area contributed by atoms with Crippen LogP contribution in [0.1, 0.15) is 24.8 Å². The van der Waals surface area contributed by atoms with Gasteiger partial charge in [-0.1, -0.05) is 11.6 Å². The summed E-state index contributed by atoms with van der Waals surface area (Å²) >= 11 is 5.84. The van der Waals surface area contributed by atoms with E-state index in [0.29, 0.717) is 38.2 Å². The molecule has 0 spiro atoms. The molecule has 102 valence electrons. The second-order valence-corrected chi connectivity index (χ2v) is 5.22. The molecule has 19 heavy (non-hydrogen) atoms. The average molecular weight is 287 g/mol. The van der Waals surface area contributed by atoms with Crippen LogP contribution in [-0.4, -0.2) is 24.3 Å². The highest BCUT2D eigenvalue weighted by Crippen LogP contribution is 2.56. The van der Waals surface area contributed by atoms with Crippen molar-refractivity contribution >= 4 is 17.6 Å². The number of ether oxygens (including phenoxy) is 2. The molecule has 3 rings (SSSR count). The van der Waals surface area contributed by atoms with Gasteiger partial charge in [0.05, 0.1) is 29.2 Å². The molecular weight excluding hydrogens is 275 g/mol. The third-order valence-electron chi connectivity index (χ3n) is 3.57. The molecule has 0 unspecified atom stereocenters. The number of aliphatic carboxylic acids is 1. The number of carboxylic acids is 1. The minimum absolute atomic E-state index is 0.0319. The summed E-state index contributed by atoms with van der Waals surface area (Å²) in [6, 6.07) is 1.35. The number of halogens is 2. The molecule has 0 aromatic heterocycles. The fourth-order valence-electron chi connectivity index (χ4n) is 2.38. The molecule has 1 aromatic rings. The Bertz CT molecular complexity index is 554. The Hall–Kier alpha value is -1.49. The summed E-state index contributed by atoms with van der Waals surface area (Å²) in [5.74, 6) is -1.25. The van der Waals surface area contributed by atoms with Gasteiger partial charge in [0.1, 0.15) is 5.82 Å². The van der Waals surface area contributed by atoms with E-state index in [1.165, 1.54) is 6.07 Å². The Morgan fingerprint density at radius 1 is 1.37 bits per heavy atom. The summed E-state index contributed by atoms with van der Waals surface area (Å²) in [7, 11) is 0. The van der Waals surface area contributed by atoms with E-state index in [4.69, 9.17) is 21.1 Å². The molecule has 0 saturated heterocycles. The minimum Gasteiger partial charge on any atom is -0.489 e. The zero-order valence-electron chi connectivity index (χ0n) is 10.0. The summed E-state index contributed by atoms with van der Waals surface area (Å²) in [5, 5.41) is 9.21. The second kappa shape index (κ2) is 4.27. The lowest BCUT2D eigenvalue weighted by molar-refractivity contribution is -0.140. The molecule has 0 amide bonds. The van der Waals surface area contributed by atoms with Gasteiger partial charge in [0.2, 0.25) is 0 Å². The predicted molar refractivity (Wildman–Crippen MR) is 65.6 cm³/mol. The van der Waals surface area contributed by atoms with E-state index in [-0.39, 0.29) is 16.3 Å². The quantitative estimate of drug-likeness (QED) is 0.908. The monoisotopic (exact) mass is 286 g/mol. The summed E-state index contributed by atoms with van der Waals surface area (Å²) in [6.45, 7) is 0.811. The van der Waals surface area contributed by atoms with Gasteiger partial charge in [-0.3, -0.25) is 4.79 Å². The van der Waals surface area contributed by atoms with Crippen LogP contribution in [0.4, 0.5) is 4.39 Å². The first-order valence-corrected chi connectivity index (χ1v) is 6.45. The maximum atomic E-state index is 14.3. The third-order valence-corrected chi connectivity index (χ3v) is 3.84. The zero-order valence-corrected chi connectivity index (χ0v) is 10.8. The molecule has 0 bridgehead atoms. The Labute approximate surface area is 114 Å². The summed E-state index contributed by atoms with van der Waals surface area (Å²) in [6.07, 6.45) is 1.43. The smallest absolute Gasteiger partial charge is 0.314 e. The molecule has 1 aromatic carbocycles. The third kappa shape index (κ3) is 1.84. The first-order chi connectivity index (χ1) is 9.06. The van der Waals surface area contributed by atoms with Crippen LogP contribution < -0.4 is 9.47 Å². The van der Waals surface area contributed by atoms with Crippen molar-refractivity contribution in [3.8, 4) is 11.5 Å². The first-order valence-electron chi connectivity index (χ1n) is 6.08. The van der Waals surface area contributed by atoms with Gasteiger partial charge in [0.15, 0.2) is 11.5 Å². The lowest BCUT2D eigenvalue weighted by Gasteiger charge is -2.19. The van der Waals surface area contributed by atoms with Gasteiger partial charge < -0.3 is 14.6 Å². The van der Waals surface area contributed by atoms with E-state index >= 15 is 0 Å². The van der Waals surface area contributed by atoms with Crippen molar-refractivity contribution < 1.29 is 23.8 Å². The van der Waals surface area contributed by atoms with E-state index in [2.05, 4.69) is 0 Å². The lowest BCUT2D eigenvalue weighted by atomic mass is 9.94. The minimum atomic E-state index is -1.22. The normalized spacial score (nSPS) is 19.7. The van der Waals surface area contributed by atoms with Crippen LogP contribution >= 0.6 is 11.6 Å². The van der Waals surface area contributed by atoms with E-state index < -0.39 is 17.2 Å². The van der Waals surface area contributed by atoms with Crippen molar-refractivity contribution in [1.29, 1.82) is 0 Å². The van der Waals surface area contributed by atoms with E-state index in [0.717, 1.165) is 0 Å². The molecule has 6 heteroatoms. The highest BCUT2D eigenvalue weighted by molar-refractivity contribution is 6.31. The second-order valence-electron chi connectivity index (χ2n) is 4.81. The van der Waals surface area contributed by atoms with Crippen LogP contribution in [0.3, 0.4) is 0 Å². The number of carboxylic acid groups (broad SMARTS) is 1. The van der Waals surface area contributed by atoms with Crippen molar-refractivity contribution in [2.75, 3.05) is 13.2 Å². The van der Waals surface area contributed by atoms with Gasteiger partial charge in [-0.25, -0.2) is 4.39 Å². The number of hydrogen-bond donors (Lipinski definition) is 1. The molecular formula is C13H12ClFO4. The molecule has 1 heterocycles. The zero-order chi connectivity index (χ0) is 13.6. The van der Waals surface area contributed by atoms with Crippen LogP contribution in [0.2, 0.25) is 5.02 Å². The lowest BCUT2D eigenvalue weighted by Crippen LogP contribution is -2.22. The SMILES string of the molecule is O=C(O)C1(c2c(F)c(Cl)cc3c2OCCCO3)CC1. The van der Waals surface area contributed by atoms with Gasteiger partial charge in [0, 0.05) is 12.5 Å². The Morgan fingerprint density at radius 2 is 2.05 bits per heavy atom. The van der Waals surface area contributed by atoms with Crippen LogP contribution in [0, 0.1) is 5.82 Å². The molecule has 4 nitrogen and oxygen atoms in total. The number of rotatable bonds is 2. The van der Waals surface area contributed by atoms with E-state index in [1.807, 2.05) is 0 Å². The van der Waals surface area contributed by atoms with Crippen molar-refractivity contribution in [2.45, 2.75) is 24.7 Å². The van der Waals surface area contributed by atoms with Gasteiger partial charge in [-0.2, -0.15) is 0 Å². The van der Waals surface area contributed by atoms with Gasteiger partial charge in [-0.15, -0.1) is 0 Å². The number of fused-ring (bicyclic) bond motifs is 1. The molecule has 0 atom stereocenters. The summed E-state index contributed by atoms with van der Waals surface area (Å²) < 4.78 is 25.3. The molecule has 1 aliphatic carbocycles. The average Bonchev–Trinajstić information content (AvgIpc) is 3.15. The van der Waals surface area contributed by atoms with Crippen molar-refractivity contribution in [2.24, 2.45) is 0 Å².